The monoisotopic (exact) mass is 291 g/mol. The lowest BCUT2D eigenvalue weighted by Gasteiger charge is -2.01. The molecule has 7 heteroatoms. The number of benzene rings is 1. The molecule has 0 unspecified atom stereocenters. The molecule has 3 aromatic rings. The van der Waals surface area contributed by atoms with E-state index in [0.29, 0.717) is 12.2 Å². The first kappa shape index (κ1) is 12.8. The maximum Gasteiger partial charge on any atom is 0.143 e. The zero-order chi connectivity index (χ0) is 14.1. The maximum absolute atomic E-state index is 13.4. The summed E-state index contributed by atoms with van der Waals surface area (Å²) in [6.07, 6.45) is 5.35. The maximum atomic E-state index is 13.4. The third-order valence-corrected chi connectivity index (χ3v) is 3.27. The third kappa shape index (κ3) is 2.42. The summed E-state index contributed by atoms with van der Waals surface area (Å²) >= 11 is 5.65. The molecule has 0 atom stereocenters. The van der Waals surface area contributed by atoms with Crippen LogP contribution in [0.4, 0.5) is 4.39 Å². The fourth-order valence-electron chi connectivity index (χ4n) is 1.87. The summed E-state index contributed by atoms with van der Waals surface area (Å²) < 4.78 is 16.9. The van der Waals surface area contributed by atoms with Gasteiger partial charge in [-0.1, -0.05) is 16.8 Å². The minimum atomic E-state index is -0.480. The van der Waals surface area contributed by atoms with Crippen molar-refractivity contribution < 1.29 is 4.39 Å². The van der Waals surface area contributed by atoms with Gasteiger partial charge >= 0.3 is 0 Å². The van der Waals surface area contributed by atoms with Crippen molar-refractivity contribution in [2.24, 2.45) is 0 Å². The van der Waals surface area contributed by atoms with E-state index in [-0.39, 0.29) is 5.02 Å². The molecule has 0 N–H and O–H groups in total. The molecule has 0 fully saturated rings. The van der Waals surface area contributed by atoms with Crippen LogP contribution in [0.3, 0.4) is 0 Å². The molecule has 0 aliphatic rings. The zero-order valence-electron chi connectivity index (χ0n) is 10.7. The minimum absolute atomic E-state index is 0.0862. The Kier molecular flexibility index (Phi) is 3.23. The van der Waals surface area contributed by atoms with Crippen LogP contribution in [0, 0.1) is 12.7 Å². The molecule has 0 amide bonds. The van der Waals surface area contributed by atoms with Crippen molar-refractivity contribution in [2.75, 3.05) is 0 Å². The van der Waals surface area contributed by atoms with E-state index in [0.717, 1.165) is 11.5 Å². The van der Waals surface area contributed by atoms with Gasteiger partial charge in [0.15, 0.2) is 0 Å². The van der Waals surface area contributed by atoms with Gasteiger partial charge in [0.05, 0.1) is 23.5 Å². The van der Waals surface area contributed by atoms with Crippen LogP contribution in [0.1, 0.15) is 11.5 Å². The molecule has 2 aromatic heterocycles. The third-order valence-electron chi connectivity index (χ3n) is 2.96. The van der Waals surface area contributed by atoms with Crippen molar-refractivity contribution in [3.05, 3.63) is 59.1 Å². The molecule has 0 aliphatic heterocycles. The van der Waals surface area contributed by atoms with Crippen molar-refractivity contribution in [1.29, 1.82) is 0 Å². The first-order valence-corrected chi connectivity index (χ1v) is 6.35. The van der Waals surface area contributed by atoms with E-state index in [2.05, 4.69) is 15.3 Å². The van der Waals surface area contributed by atoms with Crippen LogP contribution in [0.5, 0.6) is 0 Å². The van der Waals surface area contributed by atoms with Crippen LogP contribution in [0.15, 0.2) is 36.8 Å². The largest absolute Gasteiger partial charge is 0.329 e. The molecular weight excluding hydrogens is 281 g/mol. The first-order chi connectivity index (χ1) is 9.63. The highest BCUT2D eigenvalue weighted by molar-refractivity contribution is 6.30. The van der Waals surface area contributed by atoms with Crippen LogP contribution >= 0.6 is 11.6 Å². The van der Waals surface area contributed by atoms with Gasteiger partial charge < -0.3 is 4.57 Å². The molecule has 0 saturated carbocycles. The number of imidazole rings is 1. The van der Waals surface area contributed by atoms with Crippen molar-refractivity contribution in [2.45, 2.75) is 13.5 Å². The fourth-order valence-corrected chi connectivity index (χ4v) is 1.99. The summed E-state index contributed by atoms with van der Waals surface area (Å²) in [6.45, 7) is 2.49. The average molecular weight is 292 g/mol. The number of aromatic nitrogens is 5. The minimum Gasteiger partial charge on any atom is -0.329 e. The van der Waals surface area contributed by atoms with E-state index in [1.165, 1.54) is 16.8 Å². The fraction of sp³-hybridized carbons (Fsp3) is 0.154. The molecule has 1 aromatic carbocycles. The van der Waals surface area contributed by atoms with Gasteiger partial charge in [-0.3, -0.25) is 0 Å². The number of hydrogen-bond acceptors (Lipinski definition) is 3. The highest BCUT2D eigenvalue weighted by Gasteiger charge is 2.07. The van der Waals surface area contributed by atoms with Crippen LogP contribution in [0.25, 0.3) is 5.69 Å². The normalized spacial score (nSPS) is 10.9. The SMILES string of the molecule is Cc1nccn1Cc1cn(-c2ccc(Cl)c(F)c2)nn1. The van der Waals surface area contributed by atoms with Crippen molar-refractivity contribution in [3.63, 3.8) is 0 Å². The number of aryl methyl sites for hydroxylation is 1. The molecule has 2 heterocycles. The van der Waals surface area contributed by atoms with Gasteiger partial charge in [-0.15, -0.1) is 5.10 Å². The van der Waals surface area contributed by atoms with Gasteiger partial charge in [-0.2, -0.15) is 0 Å². The van der Waals surface area contributed by atoms with E-state index in [9.17, 15) is 4.39 Å². The predicted octanol–water partition coefficient (Wildman–Crippen LogP) is 2.61. The van der Waals surface area contributed by atoms with Gasteiger partial charge in [0.2, 0.25) is 0 Å². The van der Waals surface area contributed by atoms with E-state index >= 15 is 0 Å². The highest BCUT2D eigenvalue weighted by Crippen LogP contribution is 2.17. The Morgan fingerprint density at radius 1 is 1.35 bits per heavy atom. The summed E-state index contributed by atoms with van der Waals surface area (Å²) in [4.78, 5) is 4.14. The topological polar surface area (TPSA) is 48.5 Å². The second-order valence-corrected chi connectivity index (χ2v) is 4.76. The van der Waals surface area contributed by atoms with Gasteiger partial charge in [-0.05, 0) is 19.1 Å². The second kappa shape index (κ2) is 5.05. The summed E-state index contributed by atoms with van der Waals surface area (Å²) in [5, 5.41) is 8.15. The van der Waals surface area contributed by atoms with Crippen LogP contribution < -0.4 is 0 Å². The number of rotatable bonds is 3. The van der Waals surface area contributed by atoms with Gasteiger partial charge in [0.1, 0.15) is 17.3 Å². The molecule has 102 valence electrons. The Hall–Kier alpha value is -2.21. The van der Waals surface area contributed by atoms with Gasteiger partial charge in [-0.25, -0.2) is 14.1 Å². The lowest BCUT2D eigenvalue weighted by Crippen LogP contribution is -2.00. The number of halogens is 2. The molecule has 0 saturated heterocycles. The Balaban J connectivity index is 1.86. The smallest absolute Gasteiger partial charge is 0.143 e. The first-order valence-electron chi connectivity index (χ1n) is 5.98. The van der Waals surface area contributed by atoms with E-state index in [1.807, 2.05) is 17.7 Å². The molecular formula is C13H11ClFN5. The lowest BCUT2D eigenvalue weighted by molar-refractivity contribution is 0.625. The van der Waals surface area contributed by atoms with Crippen LogP contribution in [-0.4, -0.2) is 24.5 Å². The number of nitrogens with zero attached hydrogens (tertiary/aromatic N) is 5. The summed E-state index contributed by atoms with van der Waals surface area (Å²) in [5.41, 5.74) is 1.34. The molecule has 0 bridgehead atoms. The van der Waals surface area contributed by atoms with Gasteiger partial charge in [0, 0.05) is 18.5 Å². The summed E-state index contributed by atoms with van der Waals surface area (Å²) in [7, 11) is 0. The quantitative estimate of drug-likeness (QED) is 0.745. The lowest BCUT2D eigenvalue weighted by atomic mass is 10.3. The summed E-state index contributed by atoms with van der Waals surface area (Å²) in [5.74, 6) is 0.420. The van der Waals surface area contributed by atoms with Gasteiger partial charge in [0.25, 0.3) is 0 Å². The molecule has 3 rings (SSSR count). The molecule has 20 heavy (non-hydrogen) atoms. The predicted molar refractivity (Wildman–Crippen MR) is 72.4 cm³/mol. The van der Waals surface area contributed by atoms with Crippen LogP contribution in [-0.2, 0) is 6.54 Å². The molecule has 5 nitrogen and oxygen atoms in total. The Morgan fingerprint density at radius 2 is 2.20 bits per heavy atom. The average Bonchev–Trinajstić information content (AvgIpc) is 3.04. The zero-order valence-corrected chi connectivity index (χ0v) is 11.4. The van der Waals surface area contributed by atoms with E-state index in [1.54, 1.807) is 18.5 Å². The molecule has 0 radical (unpaired) electrons. The second-order valence-electron chi connectivity index (χ2n) is 4.36. The Bertz CT molecular complexity index is 749. The van der Waals surface area contributed by atoms with Crippen molar-refractivity contribution >= 4 is 11.6 Å². The Labute approximate surface area is 119 Å². The summed E-state index contributed by atoms with van der Waals surface area (Å²) in [6, 6.07) is 4.50. The number of hydrogen-bond donors (Lipinski definition) is 0. The van der Waals surface area contributed by atoms with Crippen LogP contribution in [0.2, 0.25) is 5.02 Å². The highest BCUT2D eigenvalue weighted by atomic mass is 35.5. The molecule has 0 spiro atoms. The standard InChI is InChI=1S/C13H11ClFN5/c1-9-16-4-5-19(9)7-10-8-20(18-17-10)11-2-3-12(14)13(15)6-11/h2-6,8H,7H2,1H3. The Morgan fingerprint density at radius 3 is 2.90 bits per heavy atom. The van der Waals surface area contributed by atoms with Crippen molar-refractivity contribution in [1.82, 2.24) is 24.5 Å². The van der Waals surface area contributed by atoms with E-state index < -0.39 is 5.82 Å². The van der Waals surface area contributed by atoms with Crippen molar-refractivity contribution in [3.8, 4) is 5.69 Å². The van der Waals surface area contributed by atoms with E-state index in [4.69, 9.17) is 11.6 Å². The molecule has 0 aliphatic carbocycles.